The summed E-state index contributed by atoms with van der Waals surface area (Å²) in [5.41, 5.74) is 0.410. The number of carbonyl (C=O) groups is 2. The van der Waals surface area contributed by atoms with Gasteiger partial charge in [-0.3, -0.25) is 14.5 Å². The van der Waals surface area contributed by atoms with E-state index in [9.17, 15) is 27.9 Å². The first-order chi connectivity index (χ1) is 9.29. The molecule has 5 nitrogen and oxygen atoms in total. The maximum absolute atomic E-state index is 12.4. The number of nitrogens with zero attached hydrogens (tertiary/aromatic N) is 1. The minimum absolute atomic E-state index is 0.122. The van der Waals surface area contributed by atoms with Gasteiger partial charge in [-0.05, 0) is 5.56 Å². The second-order valence-electron chi connectivity index (χ2n) is 4.32. The molecule has 108 valence electrons. The molecule has 2 unspecified atom stereocenters. The maximum atomic E-state index is 12.4. The van der Waals surface area contributed by atoms with E-state index in [1.165, 1.54) is 12.1 Å². The van der Waals surface area contributed by atoms with E-state index in [-0.39, 0.29) is 4.90 Å². The number of piperazine rings is 1. The Labute approximate surface area is 112 Å². The van der Waals surface area contributed by atoms with Crippen molar-refractivity contribution in [1.82, 2.24) is 10.2 Å². The average molecular weight is 288 g/mol. The van der Waals surface area contributed by atoms with Gasteiger partial charge in [0.25, 0.3) is 0 Å². The molecule has 1 aromatic carbocycles. The number of amides is 2. The lowest BCUT2D eigenvalue weighted by Crippen LogP contribution is -2.61. The molecular weight excluding hydrogens is 277 g/mol. The van der Waals surface area contributed by atoms with Gasteiger partial charge in [0.15, 0.2) is 6.23 Å². The number of hydrogen-bond donors (Lipinski definition) is 2. The summed E-state index contributed by atoms with van der Waals surface area (Å²) >= 11 is 0. The van der Waals surface area contributed by atoms with Crippen LogP contribution in [0.25, 0.3) is 0 Å². The topological polar surface area (TPSA) is 69.6 Å². The largest absolute Gasteiger partial charge is 0.406 e. The number of carbonyl (C=O) groups excluding carboxylic acids is 2. The Bertz CT molecular complexity index is 518. The van der Waals surface area contributed by atoms with Gasteiger partial charge < -0.3 is 10.4 Å². The van der Waals surface area contributed by atoms with Crippen LogP contribution in [0.15, 0.2) is 30.3 Å². The van der Waals surface area contributed by atoms with Gasteiger partial charge in [0.2, 0.25) is 0 Å². The van der Waals surface area contributed by atoms with Gasteiger partial charge in [-0.15, -0.1) is 0 Å². The number of halogens is 3. The highest BCUT2D eigenvalue weighted by Gasteiger charge is 2.45. The van der Waals surface area contributed by atoms with Gasteiger partial charge in [-0.2, -0.15) is 13.2 Å². The van der Waals surface area contributed by atoms with Crippen LogP contribution in [0.1, 0.15) is 11.6 Å². The first kappa shape index (κ1) is 14.3. The predicted molar refractivity (Wildman–Crippen MR) is 61.1 cm³/mol. The van der Waals surface area contributed by atoms with E-state index in [0.717, 1.165) is 0 Å². The fourth-order valence-corrected chi connectivity index (χ4v) is 1.98. The van der Waals surface area contributed by atoms with Crippen molar-refractivity contribution in [2.45, 2.75) is 18.4 Å². The van der Waals surface area contributed by atoms with Crippen LogP contribution in [0.5, 0.6) is 0 Å². The molecule has 0 bridgehead atoms. The van der Waals surface area contributed by atoms with Crippen molar-refractivity contribution >= 4 is 11.8 Å². The van der Waals surface area contributed by atoms with Gasteiger partial charge in [0.05, 0.1) is 6.04 Å². The number of nitrogens with one attached hydrogen (secondary N) is 1. The van der Waals surface area contributed by atoms with Crippen molar-refractivity contribution in [2.75, 3.05) is 6.54 Å². The van der Waals surface area contributed by atoms with Crippen LogP contribution in [0.3, 0.4) is 0 Å². The van der Waals surface area contributed by atoms with Crippen molar-refractivity contribution < 1.29 is 27.9 Å². The summed E-state index contributed by atoms with van der Waals surface area (Å²) in [7, 11) is 0. The summed E-state index contributed by atoms with van der Waals surface area (Å²) in [5, 5.41) is 12.1. The molecule has 1 aromatic rings. The summed E-state index contributed by atoms with van der Waals surface area (Å²) in [5.74, 6) is -2.57. The van der Waals surface area contributed by atoms with E-state index >= 15 is 0 Å². The number of aliphatic hydroxyl groups is 1. The zero-order chi connectivity index (χ0) is 14.9. The number of aliphatic hydroxyl groups excluding tert-OH is 1. The highest BCUT2D eigenvalue weighted by atomic mass is 19.4. The Morgan fingerprint density at radius 2 is 1.80 bits per heavy atom. The van der Waals surface area contributed by atoms with Gasteiger partial charge in [0.1, 0.15) is 6.54 Å². The molecule has 2 N–H and O–H groups in total. The number of alkyl halides is 3. The first-order valence-corrected chi connectivity index (χ1v) is 5.71. The van der Waals surface area contributed by atoms with Crippen molar-refractivity contribution in [1.29, 1.82) is 0 Å². The molecule has 1 fully saturated rings. The highest BCUT2D eigenvalue weighted by molar-refractivity contribution is 6.35. The van der Waals surface area contributed by atoms with Crippen LogP contribution in [0.2, 0.25) is 0 Å². The van der Waals surface area contributed by atoms with Crippen LogP contribution in [0, 0.1) is 0 Å². The number of benzene rings is 1. The molecule has 2 amide bonds. The minimum Gasteiger partial charge on any atom is -0.371 e. The van der Waals surface area contributed by atoms with Gasteiger partial charge >= 0.3 is 18.0 Å². The van der Waals surface area contributed by atoms with E-state index in [1.807, 2.05) is 0 Å². The zero-order valence-corrected chi connectivity index (χ0v) is 10.1. The van der Waals surface area contributed by atoms with Gasteiger partial charge in [0, 0.05) is 0 Å². The Balaban J connectivity index is 2.29. The van der Waals surface area contributed by atoms with Crippen LogP contribution in [0.4, 0.5) is 13.2 Å². The summed E-state index contributed by atoms with van der Waals surface area (Å²) in [6, 6.07) is 6.88. The molecule has 2 atom stereocenters. The normalized spacial score (nSPS) is 23.7. The maximum Gasteiger partial charge on any atom is 0.406 e. The standard InChI is InChI=1S/C12H11F3N2O3/c13-12(14,15)6-17-10(19)8(16-9(18)11(17)20)7-4-2-1-3-5-7/h1-5,8,10,19H,6H2,(H,16,18). The molecule has 1 saturated heterocycles. The number of rotatable bonds is 2. The lowest BCUT2D eigenvalue weighted by molar-refractivity contribution is -0.189. The second-order valence-corrected chi connectivity index (χ2v) is 4.32. The van der Waals surface area contributed by atoms with E-state index in [1.54, 1.807) is 18.2 Å². The van der Waals surface area contributed by atoms with E-state index in [2.05, 4.69) is 5.32 Å². The Hall–Kier alpha value is -2.09. The molecule has 1 heterocycles. The summed E-state index contributed by atoms with van der Waals surface area (Å²) in [6.45, 7) is -1.68. The van der Waals surface area contributed by atoms with Gasteiger partial charge in [-0.25, -0.2) is 0 Å². The molecule has 8 heteroatoms. The third-order valence-corrected chi connectivity index (χ3v) is 2.87. The van der Waals surface area contributed by atoms with Crippen molar-refractivity contribution in [3.8, 4) is 0 Å². The predicted octanol–water partition coefficient (Wildman–Crippen LogP) is 0.567. The monoisotopic (exact) mass is 288 g/mol. The van der Waals surface area contributed by atoms with Crippen molar-refractivity contribution in [3.63, 3.8) is 0 Å². The average Bonchev–Trinajstić information content (AvgIpc) is 2.39. The van der Waals surface area contributed by atoms with Crippen molar-refractivity contribution in [3.05, 3.63) is 35.9 Å². The second kappa shape index (κ2) is 5.12. The molecule has 1 aliphatic heterocycles. The summed E-state index contributed by atoms with van der Waals surface area (Å²) < 4.78 is 37.2. The molecule has 0 aliphatic carbocycles. The highest BCUT2D eigenvalue weighted by Crippen LogP contribution is 2.26. The van der Waals surface area contributed by atoms with Gasteiger partial charge in [-0.1, -0.05) is 30.3 Å². The third kappa shape index (κ3) is 2.90. The van der Waals surface area contributed by atoms with E-state index in [0.29, 0.717) is 5.56 Å². The Kier molecular flexibility index (Phi) is 3.67. The van der Waals surface area contributed by atoms with Crippen LogP contribution in [-0.4, -0.2) is 40.8 Å². The van der Waals surface area contributed by atoms with Crippen LogP contribution in [-0.2, 0) is 9.59 Å². The molecular formula is C12H11F3N2O3. The lowest BCUT2D eigenvalue weighted by Gasteiger charge is -2.38. The summed E-state index contributed by atoms with van der Waals surface area (Å²) in [6.07, 6.45) is -6.47. The molecule has 0 radical (unpaired) electrons. The minimum atomic E-state index is -4.70. The zero-order valence-electron chi connectivity index (χ0n) is 10.1. The third-order valence-electron chi connectivity index (χ3n) is 2.87. The molecule has 0 saturated carbocycles. The molecule has 2 rings (SSSR count). The summed E-state index contributed by atoms with van der Waals surface area (Å²) in [4.78, 5) is 23.0. The van der Waals surface area contributed by atoms with E-state index in [4.69, 9.17) is 0 Å². The van der Waals surface area contributed by atoms with Crippen molar-refractivity contribution in [2.24, 2.45) is 0 Å². The molecule has 1 aliphatic rings. The van der Waals surface area contributed by atoms with E-state index < -0.39 is 36.8 Å². The first-order valence-electron chi connectivity index (χ1n) is 5.71. The SMILES string of the molecule is O=C1NC(c2ccccc2)C(O)N(CC(F)(F)F)C1=O. The molecule has 0 spiro atoms. The van der Waals surface area contributed by atoms with Crippen LogP contribution < -0.4 is 5.32 Å². The fraction of sp³-hybridized carbons (Fsp3) is 0.333. The quantitative estimate of drug-likeness (QED) is 0.782. The molecule has 20 heavy (non-hydrogen) atoms. The lowest BCUT2D eigenvalue weighted by atomic mass is 10.0. The Morgan fingerprint density at radius 3 is 2.35 bits per heavy atom. The van der Waals surface area contributed by atoms with Crippen LogP contribution >= 0.6 is 0 Å². The number of hydrogen-bond acceptors (Lipinski definition) is 3. The smallest absolute Gasteiger partial charge is 0.371 e. The molecule has 0 aromatic heterocycles. The Morgan fingerprint density at radius 1 is 1.20 bits per heavy atom. The fourth-order valence-electron chi connectivity index (χ4n) is 1.98.